The minimum atomic E-state index is -0.397. The van der Waals surface area contributed by atoms with Crippen LogP contribution in [0.25, 0.3) is 0 Å². The standard InChI is InChI=1S/C13H20N4O2/c1-16(2)13(7-3-4-8-13)10-15-12-11(17(18)19)6-5-9-14-12/h5-6,9H,3-4,7-8,10H2,1-2H3,(H,14,15). The monoisotopic (exact) mass is 264 g/mol. The highest BCUT2D eigenvalue weighted by Gasteiger charge is 2.36. The van der Waals surface area contributed by atoms with E-state index in [1.165, 1.54) is 18.9 Å². The van der Waals surface area contributed by atoms with E-state index in [1.807, 2.05) is 0 Å². The van der Waals surface area contributed by atoms with Gasteiger partial charge in [-0.25, -0.2) is 4.98 Å². The molecule has 2 rings (SSSR count). The van der Waals surface area contributed by atoms with Gasteiger partial charge in [0.1, 0.15) is 0 Å². The van der Waals surface area contributed by atoms with E-state index >= 15 is 0 Å². The zero-order valence-corrected chi connectivity index (χ0v) is 11.4. The van der Waals surface area contributed by atoms with Crippen molar-refractivity contribution in [1.29, 1.82) is 0 Å². The van der Waals surface area contributed by atoms with Crippen molar-refractivity contribution in [2.75, 3.05) is 26.0 Å². The molecule has 6 heteroatoms. The first-order valence-electron chi connectivity index (χ1n) is 6.56. The Labute approximate surface area is 113 Å². The van der Waals surface area contributed by atoms with Gasteiger partial charge in [-0.3, -0.25) is 10.1 Å². The zero-order valence-electron chi connectivity index (χ0n) is 11.4. The Morgan fingerprint density at radius 1 is 1.47 bits per heavy atom. The topological polar surface area (TPSA) is 71.3 Å². The van der Waals surface area contributed by atoms with Crippen molar-refractivity contribution < 1.29 is 4.92 Å². The first-order valence-corrected chi connectivity index (χ1v) is 6.56. The lowest BCUT2D eigenvalue weighted by molar-refractivity contribution is -0.384. The third-order valence-electron chi connectivity index (χ3n) is 4.05. The number of hydrogen-bond donors (Lipinski definition) is 1. The van der Waals surface area contributed by atoms with Gasteiger partial charge in [-0.2, -0.15) is 0 Å². The molecule has 1 fully saturated rings. The normalized spacial score (nSPS) is 17.6. The van der Waals surface area contributed by atoms with Gasteiger partial charge in [0.25, 0.3) is 0 Å². The average Bonchev–Trinajstić information content (AvgIpc) is 2.86. The molecule has 19 heavy (non-hydrogen) atoms. The van der Waals surface area contributed by atoms with E-state index in [0.717, 1.165) is 12.8 Å². The van der Waals surface area contributed by atoms with E-state index in [-0.39, 0.29) is 11.2 Å². The Hall–Kier alpha value is -1.69. The summed E-state index contributed by atoms with van der Waals surface area (Å²) < 4.78 is 0. The highest BCUT2D eigenvalue weighted by molar-refractivity contribution is 5.55. The average molecular weight is 264 g/mol. The summed E-state index contributed by atoms with van der Waals surface area (Å²) >= 11 is 0. The minimum Gasteiger partial charge on any atom is -0.362 e. The summed E-state index contributed by atoms with van der Waals surface area (Å²) in [4.78, 5) is 16.9. The highest BCUT2D eigenvalue weighted by Crippen LogP contribution is 2.34. The molecule has 1 N–H and O–H groups in total. The van der Waals surface area contributed by atoms with Crippen LogP contribution in [0.15, 0.2) is 18.3 Å². The molecule has 0 bridgehead atoms. The summed E-state index contributed by atoms with van der Waals surface area (Å²) in [6.07, 6.45) is 6.24. The Balaban J connectivity index is 2.12. The molecule has 6 nitrogen and oxygen atoms in total. The molecule has 0 unspecified atom stereocenters. The number of pyridine rings is 1. The van der Waals surface area contributed by atoms with E-state index < -0.39 is 4.92 Å². The Morgan fingerprint density at radius 3 is 2.74 bits per heavy atom. The van der Waals surface area contributed by atoms with E-state index in [4.69, 9.17) is 0 Å². The maximum absolute atomic E-state index is 10.9. The van der Waals surface area contributed by atoms with Crippen LogP contribution in [0, 0.1) is 10.1 Å². The zero-order chi connectivity index (χ0) is 13.9. The van der Waals surface area contributed by atoms with Crippen molar-refractivity contribution in [2.24, 2.45) is 0 Å². The van der Waals surface area contributed by atoms with Crippen molar-refractivity contribution in [3.05, 3.63) is 28.4 Å². The fourth-order valence-corrected chi connectivity index (χ4v) is 2.74. The number of nitrogens with zero attached hydrogens (tertiary/aromatic N) is 3. The lowest BCUT2D eigenvalue weighted by atomic mass is 9.96. The van der Waals surface area contributed by atoms with Gasteiger partial charge >= 0.3 is 5.69 Å². The summed E-state index contributed by atoms with van der Waals surface area (Å²) in [5.74, 6) is 0.362. The largest absolute Gasteiger partial charge is 0.362 e. The predicted octanol–water partition coefficient (Wildman–Crippen LogP) is 2.28. The number of nitro groups is 1. The molecule has 0 saturated heterocycles. The Morgan fingerprint density at radius 2 is 2.16 bits per heavy atom. The first-order chi connectivity index (χ1) is 9.05. The molecule has 0 atom stereocenters. The molecule has 0 aromatic carbocycles. The van der Waals surface area contributed by atoms with E-state index in [9.17, 15) is 10.1 Å². The van der Waals surface area contributed by atoms with Crippen molar-refractivity contribution >= 4 is 11.5 Å². The summed E-state index contributed by atoms with van der Waals surface area (Å²) in [5.41, 5.74) is 0.125. The number of hydrogen-bond acceptors (Lipinski definition) is 5. The van der Waals surface area contributed by atoms with Crippen molar-refractivity contribution in [3.8, 4) is 0 Å². The van der Waals surface area contributed by atoms with Gasteiger partial charge in [0.2, 0.25) is 5.82 Å². The molecule has 1 aliphatic rings. The number of anilines is 1. The van der Waals surface area contributed by atoms with Crippen LogP contribution < -0.4 is 5.32 Å². The van der Waals surface area contributed by atoms with Gasteiger partial charge < -0.3 is 10.2 Å². The van der Waals surface area contributed by atoms with Crippen molar-refractivity contribution in [3.63, 3.8) is 0 Å². The highest BCUT2D eigenvalue weighted by atomic mass is 16.6. The minimum absolute atomic E-state index is 0.0365. The molecule has 1 heterocycles. The number of nitrogens with one attached hydrogen (secondary N) is 1. The van der Waals surface area contributed by atoms with Gasteiger partial charge in [0, 0.05) is 24.3 Å². The second kappa shape index (κ2) is 5.52. The maximum Gasteiger partial charge on any atom is 0.311 e. The molecular formula is C13H20N4O2. The van der Waals surface area contributed by atoms with Crippen LogP contribution in [0.2, 0.25) is 0 Å². The third kappa shape index (κ3) is 2.84. The van der Waals surface area contributed by atoms with E-state index in [0.29, 0.717) is 12.4 Å². The lowest BCUT2D eigenvalue weighted by Gasteiger charge is -2.36. The summed E-state index contributed by atoms with van der Waals surface area (Å²) in [6.45, 7) is 0.692. The second-order valence-electron chi connectivity index (χ2n) is 5.31. The summed E-state index contributed by atoms with van der Waals surface area (Å²) in [5, 5.41) is 14.1. The number of aromatic nitrogens is 1. The molecular weight excluding hydrogens is 244 g/mol. The van der Waals surface area contributed by atoms with Crippen LogP contribution in [0.3, 0.4) is 0 Å². The molecule has 0 amide bonds. The molecule has 0 aliphatic heterocycles. The summed E-state index contributed by atoms with van der Waals surface area (Å²) in [6, 6.07) is 3.06. The number of likely N-dealkylation sites (N-methyl/N-ethyl adjacent to an activating group) is 1. The van der Waals surface area contributed by atoms with E-state index in [1.54, 1.807) is 12.3 Å². The molecule has 0 spiro atoms. The van der Waals surface area contributed by atoms with Gasteiger partial charge in [0.05, 0.1) is 4.92 Å². The predicted molar refractivity (Wildman–Crippen MR) is 74.3 cm³/mol. The first kappa shape index (κ1) is 13.7. The molecule has 104 valence electrons. The maximum atomic E-state index is 10.9. The number of rotatable bonds is 5. The summed E-state index contributed by atoms with van der Waals surface area (Å²) in [7, 11) is 4.14. The van der Waals surface area contributed by atoms with Crippen LogP contribution in [-0.4, -0.2) is 41.0 Å². The lowest BCUT2D eigenvalue weighted by Crippen LogP contribution is -2.47. The van der Waals surface area contributed by atoms with Crippen LogP contribution in [0.4, 0.5) is 11.5 Å². The van der Waals surface area contributed by atoms with Crippen LogP contribution in [-0.2, 0) is 0 Å². The molecule has 0 radical (unpaired) electrons. The van der Waals surface area contributed by atoms with Crippen molar-refractivity contribution in [1.82, 2.24) is 9.88 Å². The third-order valence-corrected chi connectivity index (χ3v) is 4.05. The Kier molecular flexibility index (Phi) is 3.99. The quantitative estimate of drug-likeness (QED) is 0.652. The van der Waals surface area contributed by atoms with Crippen LogP contribution in [0.5, 0.6) is 0 Å². The fourth-order valence-electron chi connectivity index (χ4n) is 2.74. The molecule has 1 aliphatic carbocycles. The molecule has 1 aromatic heterocycles. The van der Waals surface area contributed by atoms with Gasteiger partial charge in [0.15, 0.2) is 0 Å². The SMILES string of the molecule is CN(C)C1(CNc2ncccc2[N+](=O)[O-])CCCC1. The van der Waals surface area contributed by atoms with Gasteiger partial charge in [-0.1, -0.05) is 12.8 Å². The van der Waals surface area contributed by atoms with Crippen LogP contribution >= 0.6 is 0 Å². The van der Waals surface area contributed by atoms with Gasteiger partial charge in [-0.05, 0) is 33.0 Å². The molecule has 1 saturated carbocycles. The van der Waals surface area contributed by atoms with Crippen LogP contribution in [0.1, 0.15) is 25.7 Å². The van der Waals surface area contributed by atoms with Gasteiger partial charge in [-0.15, -0.1) is 0 Å². The second-order valence-corrected chi connectivity index (χ2v) is 5.31. The smallest absolute Gasteiger partial charge is 0.311 e. The Bertz CT molecular complexity index is 456. The molecule has 1 aromatic rings. The van der Waals surface area contributed by atoms with Crippen molar-refractivity contribution in [2.45, 2.75) is 31.2 Å². The fraction of sp³-hybridized carbons (Fsp3) is 0.615. The van der Waals surface area contributed by atoms with E-state index in [2.05, 4.69) is 29.3 Å².